The van der Waals surface area contributed by atoms with Crippen molar-refractivity contribution in [2.45, 2.75) is 26.3 Å². The first-order valence-corrected chi connectivity index (χ1v) is 5.99. The van der Waals surface area contributed by atoms with Crippen LogP contribution in [0, 0.1) is 12.7 Å². The smallest absolute Gasteiger partial charge is 0.272 e. The third-order valence-corrected chi connectivity index (χ3v) is 2.93. The number of hydrogen-bond acceptors (Lipinski definition) is 2. The number of benzene rings is 1. The summed E-state index contributed by atoms with van der Waals surface area (Å²) >= 11 is 0. The molecule has 2 rings (SSSR count). The van der Waals surface area contributed by atoms with Crippen molar-refractivity contribution in [3.8, 4) is 0 Å². The van der Waals surface area contributed by atoms with Crippen LogP contribution < -0.4 is 5.32 Å². The molecule has 5 heteroatoms. The number of carbonyl (C=O) groups is 1. The maximum atomic E-state index is 12.9. The third kappa shape index (κ3) is 2.99. The third-order valence-electron chi connectivity index (χ3n) is 2.93. The van der Waals surface area contributed by atoms with Gasteiger partial charge in [0.1, 0.15) is 11.5 Å². The van der Waals surface area contributed by atoms with E-state index in [9.17, 15) is 9.18 Å². The number of H-pyrrole nitrogens is 1. The molecule has 0 saturated heterocycles. The fourth-order valence-electron chi connectivity index (χ4n) is 1.82. The van der Waals surface area contributed by atoms with Crippen molar-refractivity contribution in [1.82, 2.24) is 15.5 Å². The van der Waals surface area contributed by atoms with E-state index in [1.54, 1.807) is 18.2 Å². The SMILES string of the molecule is Cc1cc(C(=O)NC(C)(C)c2ccc(F)cc2)n[nH]1. The lowest BCUT2D eigenvalue weighted by atomic mass is 9.94. The van der Waals surface area contributed by atoms with Gasteiger partial charge in [0.2, 0.25) is 0 Å². The number of hydrogen-bond donors (Lipinski definition) is 2. The number of aromatic nitrogens is 2. The van der Waals surface area contributed by atoms with Crippen LogP contribution in [0.1, 0.15) is 35.6 Å². The Bertz CT molecular complexity index is 587. The Labute approximate surface area is 111 Å². The molecule has 1 amide bonds. The van der Waals surface area contributed by atoms with Crippen molar-refractivity contribution in [2.75, 3.05) is 0 Å². The zero-order valence-electron chi connectivity index (χ0n) is 11.1. The topological polar surface area (TPSA) is 57.8 Å². The van der Waals surface area contributed by atoms with Crippen LogP contribution in [0.25, 0.3) is 0 Å². The Morgan fingerprint density at radius 2 is 1.95 bits per heavy atom. The van der Waals surface area contributed by atoms with Crippen LogP contribution in [0.4, 0.5) is 4.39 Å². The Balaban J connectivity index is 2.17. The highest BCUT2D eigenvalue weighted by molar-refractivity contribution is 5.92. The number of rotatable bonds is 3. The molecule has 0 aliphatic carbocycles. The fraction of sp³-hybridized carbons (Fsp3) is 0.286. The monoisotopic (exact) mass is 261 g/mol. The van der Waals surface area contributed by atoms with Crippen molar-refractivity contribution in [3.63, 3.8) is 0 Å². The van der Waals surface area contributed by atoms with Crippen LogP contribution in [-0.2, 0) is 5.54 Å². The van der Waals surface area contributed by atoms with Gasteiger partial charge in [-0.25, -0.2) is 4.39 Å². The van der Waals surface area contributed by atoms with Crippen LogP contribution in [-0.4, -0.2) is 16.1 Å². The Kier molecular flexibility index (Phi) is 3.38. The Morgan fingerprint density at radius 3 is 2.47 bits per heavy atom. The molecule has 0 spiro atoms. The van der Waals surface area contributed by atoms with Crippen molar-refractivity contribution < 1.29 is 9.18 Å². The minimum atomic E-state index is -0.600. The van der Waals surface area contributed by atoms with E-state index in [0.29, 0.717) is 5.69 Å². The normalized spacial score (nSPS) is 11.4. The van der Waals surface area contributed by atoms with Crippen molar-refractivity contribution in [1.29, 1.82) is 0 Å². The number of amides is 1. The Hall–Kier alpha value is -2.17. The molecular weight excluding hydrogens is 245 g/mol. The molecule has 0 saturated carbocycles. The van der Waals surface area contributed by atoms with Gasteiger partial charge in [-0.1, -0.05) is 12.1 Å². The molecule has 0 unspecified atom stereocenters. The van der Waals surface area contributed by atoms with Gasteiger partial charge in [-0.2, -0.15) is 5.10 Å². The molecule has 0 fully saturated rings. The molecule has 1 heterocycles. The molecule has 0 aliphatic rings. The number of nitrogens with zero attached hydrogens (tertiary/aromatic N) is 1. The summed E-state index contributed by atoms with van der Waals surface area (Å²) in [5.41, 5.74) is 1.39. The summed E-state index contributed by atoms with van der Waals surface area (Å²) in [5, 5.41) is 9.51. The quantitative estimate of drug-likeness (QED) is 0.892. The number of nitrogens with one attached hydrogen (secondary N) is 2. The predicted molar refractivity (Wildman–Crippen MR) is 70.2 cm³/mol. The van der Waals surface area contributed by atoms with Crippen LogP contribution in [0.15, 0.2) is 30.3 Å². The number of carbonyl (C=O) groups excluding carboxylic acids is 1. The standard InChI is InChI=1S/C14H16FN3O/c1-9-8-12(18-17-9)13(19)16-14(2,3)10-4-6-11(15)7-5-10/h4-8H,1-3H3,(H,16,19)(H,17,18). The molecule has 2 aromatic rings. The highest BCUT2D eigenvalue weighted by Crippen LogP contribution is 2.20. The lowest BCUT2D eigenvalue weighted by Crippen LogP contribution is -2.41. The summed E-state index contributed by atoms with van der Waals surface area (Å²) in [6.07, 6.45) is 0. The minimum Gasteiger partial charge on any atom is -0.342 e. The summed E-state index contributed by atoms with van der Waals surface area (Å²) in [6, 6.07) is 7.75. The first kappa shape index (κ1) is 13.3. The lowest BCUT2D eigenvalue weighted by molar-refractivity contribution is 0.0907. The second kappa shape index (κ2) is 4.84. The van der Waals surface area contributed by atoms with Gasteiger partial charge in [0, 0.05) is 5.69 Å². The minimum absolute atomic E-state index is 0.265. The van der Waals surface area contributed by atoms with Crippen LogP contribution in [0.5, 0.6) is 0 Å². The summed E-state index contributed by atoms with van der Waals surface area (Å²) in [7, 11) is 0. The van der Waals surface area contributed by atoms with E-state index in [4.69, 9.17) is 0 Å². The van der Waals surface area contributed by atoms with Crippen LogP contribution in [0.2, 0.25) is 0 Å². The van der Waals surface area contributed by atoms with Gasteiger partial charge in [0.05, 0.1) is 5.54 Å². The van der Waals surface area contributed by atoms with Crippen molar-refractivity contribution >= 4 is 5.91 Å². The summed E-state index contributed by atoms with van der Waals surface area (Å²) < 4.78 is 12.9. The first-order valence-electron chi connectivity index (χ1n) is 5.99. The number of aryl methyl sites for hydroxylation is 1. The number of halogens is 1. The van der Waals surface area contributed by atoms with Gasteiger partial charge in [-0.05, 0) is 44.5 Å². The molecule has 4 nitrogen and oxygen atoms in total. The molecular formula is C14H16FN3O. The lowest BCUT2D eigenvalue weighted by Gasteiger charge is -2.26. The maximum Gasteiger partial charge on any atom is 0.272 e. The van der Waals surface area contributed by atoms with Crippen LogP contribution >= 0.6 is 0 Å². The van der Waals surface area contributed by atoms with E-state index in [1.807, 2.05) is 20.8 Å². The average molecular weight is 261 g/mol. The molecule has 1 aromatic carbocycles. The number of aromatic amines is 1. The molecule has 1 aromatic heterocycles. The largest absolute Gasteiger partial charge is 0.342 e. The van der Waals surface area contributed by atoms with Crippen molar-refractivity contribution in [2.24, 2.45) is 0 Å². The molecule has 0 aliphatic heterocycles. The summed E-state index contributed by atoms with van der Waals surface area (Å²) in [4.78, 5) is 12.0. The second-order valence-corrected chi connectivity index (χ2v) is 5.02. The van der Waals surface area contributed by atoms with E-state index in [1.165, 1.54) is 12.1 Å². The first-order chi connectivity index (χ1) is 8.88. The van der Waals surface area contributed by atoms with E-state index in [0.717, 1.165) is 11.3 Å². The fourth-order valence-corrected chi connectivity index (χ4v) is 1.82. The van der Waals surface area contributed by atoms with Gasteiger partial charge < -0.3 is 5.32 Å². The molecule has 0 bridgehead atoms. The molecule has 100 valence electrons. The zero-order valence-corrected chi connectivity index (χ0v) is 11.1. The van der Waals surface area contributed by atoms with Gasteiger partial charge in [-0.15, -0.1) is 0 Å². The van der Waals surface area contributed by atoms with E-state index in [2.05, 4.69) is 15.5 Å². The molecule has 0 atom stereocenters. The molecule has 19 heavy (non-hydrogen) atoms. The second-order valence-electron chi connectivity index (χ2n) is 5.02. The van der Waals surface area contributed by atoms with Crippen LogP contribution in [0.3, 0.4) is 0 Å². The average Bonchev–Trinajstić information content (AvgIpc) is 2.76. The zero-order chi connectivity index (χ0) is 14.0. The van der Waals surface area contributed by atoms with Gasteiger partial charge in [0.15, 0.2) is 0 Å². The molecule has 0 radical (unpaired) electrons. The molecule has 2 N–H and O–H groups in total. The predicted octanol–water partition coefficient (Wildman–Crippen LogP) is 2.52. The highest BCUT2D eigenvalue weighted by Gasteiger charge is 2.24. The Morgan fingerprint density at radius 1 is 1.32 bits per heavy atom. The van der Waals surface area contributed by atoms with E-state index < -0.39 is 5.54 Å². The van der Waals surface area contributed by atoms with E-state index in [-0.39, 0.29) is 11.7 Å². The van der Waals surface area contributed by atoms with E-state index >= 15 is 0 Å². The van der Waals surface area contributed by atoms with Gasteiger partial charge in [-0.3, -0.25) is 9.89 Å². The van der Waals surface area contributed by atoms with Gasteiger partial charge in [0.25, 0.3) is 5.91 Å². The summed E-state index contributed by atoms with van der Waals surface area (Å²) in [5.74, 6) is -0.563. The van der Waals surface area contributed by atoms with Gasteiger partial charge >= 0.3 is 0 Å². The maximum absolute atomic E-state index is 12.9. The summed E-state index contributed by atoms with van der Waals surface area (Å²) in [6.45, 7) is 5.55. The highest BCUT2D eigenvalue weighted by atomic mass is 19.1. The van der Waals surface area contributed by atoms with Crippen molar-refractivity contribution in [3.05, 3.63) is 53.1 Å².